The Morgan fingerprint density at radius 1 is 1.33 bits per heavy atom. The third-order valence-electron chi connectivity index (χ3n) is 3.31. The fourth-order valence-corrected chi connectivity index (χ4v) is 2.55. The Labute approximate surface area is 87.8 Å². The summed E-state index contributed by atoms with van der Waals surface area (Å²) in [6, 6.07) is -0.344. The highest BCUT2D eigenvalue weighted by molar-refractivity contribution is 6.07. The van der Waals surface area contributed by atoms with E-state index in [0.29, 0.717) is 13.0 Å². The Kier molecular flexibility index (Phi) is 2.46. The molecule has 2 aliphatic rings. The topological polar surface area (TPSA) is 66.5 Å². The molecule has 5 heteroatoms. The van der Waals surface area contributed by atoms with Gasteiger partial charge in [-0.3, -0.25) is 10.1 Å². The van der Waals surface area contributed by atoms with Crippen molar-refractivity contribution in [1.82, 2.24) is 10.2 Å². The van der Waals surface area contributed by atoms with Gasteiger partial charge in [-0.2, -0.15) is 0 Å². The molecule has 0 aromatic rings. The van der Waals surface area contributed by atoms with Gasteiger partial charge in [0.15, 0.2) is 0 Å². The van der Waals surface area contributed by atoms with Gasteiger partial charge in [0.1, 0.15) is 11.8 Å². The highest BCUT2D eigenvalue weighted by Gasteiger charge is 2.53. The molecule has 0 bridgehead atoms. The average molecular weight is 210 g/mol. The van der Waals surface area contributed by atoms with Gasteiger partial charge in [-0.15, -0.1) is 0 Å². The summed E-state index contributed by atoms with van der Waals surface area (Å²) in [6.45, 7) is 0.348. The SMILES string of the molecule is O=CCCN1C(=O)NC(=O)C12CCCC2. The van der Waals surface area contributed by atoms with Crippen molar-refractivity contribution in [2.75, 3.05) is 6.54 Å². The second-order valence-electron chi connectivity index (χ2n) is 4.10. The lowest BCUT2D eigenvalue weighted by molar-refractivity contribution is -0.126. The number of hydrogen-bond donors (Lipinski definition) is 1. The predicted molar refractivity (Wildman–Crippen MR) is 52.1 cm³/mol. The zero-order valence-electron chi connectivity index (χ0n) is 8.49. The molecule has 15 heavy (non-hydrogen) atoms. The van der Waals surface area contributed by atoms with E-state index in [-0.39, 0.29) is 11.9 Å². The first-order chi connectivity index (χ1) is 7.20. The number of aldehydes is 1. The van der Waals surface area contributed by atoms with Crippen LogP contribution in [0.5, 0.6) is 0 Å². The Morgan fingerprint density at radius 3 is 2.60 bits per heavy atom. The van der Waals surface area contributed by atoms with Crippen LogP contribution in [0.25, 0.3) is 0 Å². The Morgan fingerprint density at radius 2 is 2.00 bits per heavy atom. The number of nitrogens with one attached hydrogen (secondary N) is 1. The first-order valence-corrected chi connectivity index (χ1v) is 5.27. The zero-order valence-corrected chi connectivity index (χ0v) is 8.49. The number of carbonyl (C=O) groups excluding carboxylic acids is 3. The quantitative estimate of drug-likeness (QED) is 0.543. The Hall–Kier alpha value is -1.39. The smallest absolute Gasteiger partial charge is 0.309 e. The van der Waals surface area contributed by atoms with Crippen LogP contribution < -0.4 is 5.32 Å². The van der Waals surface area contributed by atoms with Gasteiger partial charge in [0.05, 0.1) is 0 Å². The standard InChI is InChI=1S/C10H14N2O3/c13-7-3-6-12-9(15)11-8(14)10(12)4-1-2-5-10/h7H,1-6H2,(H,11,14,15). The maximum Gasteiger partial charge on any atom is 0.325 e. The fourth-order valence-electron chi connectivity index (χ4n) is 2.55. The van der Waals surface area contributed by atoms with Gasteiger partial charge < -0.3 is 9.69 Å². The van der Waals surface area contributed by atoms with Crippen LogP contribution >= 0.6 is 0 Å². The number of amides is 3. The first-order valence-electron chi connectivity index (χ1n) is 5.27. The van der Waals surface area contributed by atoms with Gasteiger partial charge in [0.2, 0.25) is 0 Å². The van der Waals surface area contributed by atoms with Crippen LogP contribution in [0.1, 0.15) is 32.1 Å². The molecule has 0 aromatic heterocycles. The summed E-state index contributed by atoms with van der Waals surface area (Å²) in [7, 11) is 0. The normalized spacial score (nSPS) is 23.6. The van der Waals surface area contributed by atoms with Crippen LogP contribution in [0.4, 0.5) is 4.79 Å². The average Bonchev–Trinajstić information content (AvgIpc) is 2.75. The molecule has 1 N–H and O–H groups in total. The van der Waals surface area contributed by atoms with E-state index in [1.807, 2.05) is 0 Å². The molecule has 0 atom stereocenters. The number of nitrogens with zero attached hydrogens (tertiary/aromatic N) is 1. The minimum atomic E-state index is -0.639. The fraction of sp³-hybridized carbons (Fsp3) is 0.700. The van der Waals surface area contributed by atoms with E-state index in [9.17, 15) is 14.4 Å². The summed E-state index contributed by atoms with van der Waals surface area (Å²) < 4.78 is 0. The monoisotopic (exact) mass is 210 g/mol. The lowest BCUT2D eigenvalue weighted by atomic mass is 9.96. The highest BCUT2D eigenvalue weighted by Crippen LogP contribution is 2.38. The van der Waals surface area contributed by atoms with Gasteiger partial charge >= 0.3 is 6.03 Å². The molecule has 1 aliphatic carbocycles. The molecule has 2 fully saturated rings. The van der Waals surface area contributed by atoms with E-state index in [4.69, 9.17) is 0 Å². The van der Waals surface area contributed by atoms with Crippen molar-refractivity contribution in [3.05, 3.63) is 0 Å². The van der Waals surface area contributed by atoms with Gasteiger partial charge in [0.25, 0.3) is 5.91 Å². The molecule has 0 unspecified atom stereocenters. The molecule has 5 nitrogen and oxygen atoms in total. The molecular formula is C10H14N2O3. The van der Waals surface area contributed by atoms with Crippen LogP contribution in [-0.2, 0) is 9.59 Å². The summed E-state index contributed by atoms with van der Waals surface area (Å²) in [6.07, 6.45) is 4.46. The molecule has 2 rings (SSSR count). The Balaban J connectivity index is 2.20. The number of carbonyl (C=O) groups is 3. The van der Waals surface area contributed by atoms with Crippen molar-refractivity contribution in [3.8, 4) is 0 Å². The summed E-state index contributed by atoms with van der Waals surface area (Å²) >= 11 is 0. The van der Waals surface area contributed by atoms with Gasteiger partial charge in [0, 0.05) is 13.0 Å². The van der Waals surface area contributed by atoms with Gasteiger partial charge in [-0.05, 0) is 12.8 Å². The van der Waals surface area contributed by atoms with Gasteiger partial charge in [-0.1, -0.05) is 12.8 Å². The lowest BCUT2D eigenvalue weighted by Crippen LogP contribution is -2.47. The van der Waals surface area contributed by atoms with Crippen molar-refractivity contribution in [1.29, 1.82) is 0 Å². The first kappa shape index (κ1) is 10.1. The summed E-state index contributed by atoms with van der Waals surface area (Å²) in [5.41, 5.74) is -0.639. The van der Waals surface area contributed by atoms with Crippen molar-refractivity contribution in [2.24, 2.45) is 0 Å². The maximum atomic E-state index is 11.7. The molecule has 1 spiro atoms. The predicted octanol–water partition coefficient (Wildman–Crippen LogP) is 0.440. The van der Waals surface area contributed by atoms with Crippen molar-refractivity contribution in [2.45, 2.75) is 37.6 Å². The number of hydrogen-bond acceptors (Lipinski definition) is 3. The third kappa shape index (κ3) is 1.42. The van der Waals surface area contributed by atoms with Crippen molar-refractivity contribution >= 4 is 18.2 Å². The van der Waals surface area contributed by atoms with Crippen LogP contribution in [0.2, 0.25) is 0 Å². The number of rotatable bonds is 3. The van der Waals surface area contributed by atoms with E-state index in [1.165, 1.54) is 4.90 Å². The summed E-state index contributed by atoms with van der Waals surface area (Å²) in [4.78, 5) is 35.1. The molecule has 82 valence electrons. The van der Waals surface area contributed by atoms with Crippen LogP contribution in [0.3, 0.4) is 0 Å². The van der Waals surface area contributed by atoms with Crippen molar-refractivity contribution in [3.63, 3.8) is 0 Å². The van der Waals surface area contributed by atoms with Crippen LogP contribution in [0, 0.1) is 0 Å². The van der Waals surface area contributed by atoms with Gasteiger partial charge in [-0.25, -0.2) is 4.79 Å². The molecule has 1 saturated heterocycles. The summed E-state index contributed by atoms with van der Waals surface area (Å²) in [5.74, 6) is -0.184. The molecule has 1 heterocycles. The molecule has 1 saturated carbocycles. The number of urea groups is 1. The molecular weight excluding hydrogens is 196 g/mol. The second-order valence-corrected chi connectivity index (χ2v) is 4.10. The van der Waals surface area contributed by atoms with Crippen LogP contribution in [-0.4, -0.2) is 35.2 Å². The maximum absolute atomic E-state index is 11.7. The zero-order chi connectivity index (χ0) is 10.9. The summed E-state index contributed by atoms with van der Waals surface area (Å²) in [5, 5.41) is 2.34. The van der Waals surface area contributed by atoms with E-state index in [1.54, 1.807) is 0 Å². The largest absolute Gasteiger partial charge is 0.325 e. The minimum absolute atomic E-state index is 0.184. The van der Waals surface area contributed by atoms with E-state index in [0.717, 1.165) is 32.0 Å². The van der Waals surface area contributed by atoms with E-state index in [2.05, 4.69) is 5.32 Å². The Bertz CT molecular complexity index is 308. The highest BCUT2D eigenvalue weighted by atomic mass is 16.2. The lowest BCUT2D eigenvalue weighted by Gasteiger charge is -2.30. The van der Waals surface area contributed by atoms with E-state index < -0.39 is 5.54 Å². The number of imide groups is 1. The second kappa shape index (κ2) is 3.64. The van der Waals surface area contributed by atoms with Crippen molar-refractivity contribution < 1.29 is 14.4 Å². The third-order valence-corrected chi connectivity index (χ3v) is 3.31. The molecule has 1 aliphatic heterocycles. The van der Waals surface area contributed by atoms with E-state index >= 15 is 0 Å². The molecule has 0 radical (unpaired) electrons. The molecule has 3 amide bonds. The minimum Gasteiger partial charge on any atom is -0.309 e. The van der Waals surface area contributed by atoms with Crippen LogP contribution in [0.15, 0.2) is 0 Å². The molecule has 0 aromatic carbocycles.